The number of nitrogen functional groups attached to an aromatic ring is 1. The molecule has 2 heteroatoms. The van der Waals surface area contributed by atoms with Crippen LogP contribution < -0.4 is 5.73 Å². The molecule has 1 aromatic rings. The van der Waals surface area contributed by atoms with Gasteiger partial charge in [-0.1, -0.05) is 13.0 Å². The van der Waals surface area contributed by atoms with Crippen molar-refractivity contribution in [3.63, 3.8) is 0 Å². The molecule has 11 heavy (non-hydrogen) atoms. The first-order chi connectivity index (χ1) is 5.27. The van der Waals surface area contributed by atoms with Gasteiger partial charge < -0.3 is 5.73 Å². The first kappa shape index (κ1) is 6.65. The lowest BCUT2D eigenvalue weighted by Gasteiger charge is -2.02. The molecule has 1 aromatic heterocycles. The quantitative estimate of drug-likeness (QED) is 0.608. The minimum absolute atomic E-state index is 0.651. The summed E-state index contributed by atoms with van der Waals surface area (Å²) in [7, 11) is 0. The lowest BCUT2D eigenvalue weighted by Crippen LogP contribution is -1.94. The van der Waals surface area contributed by atoms with Crippen molar-refractivity contribution >= 4 is 5.82 Å². The maximum absolute atomic E-state index is 5.57. The van der Waals surface area contributed by atoms with Crippen LogP contribution in [0, 0.1) is 0 Å². The zero-order valence-corrected chi connectivity index (χ0v) is 6.67. The number of hydrogen-bond donors (Lipinski definition) is 1. The van der Waals surface area contributed by atoms with Crippen LogP contribution in [0.1, 0.15) is 30.5 Å². The first-order valence-corrected chi connectivity index (χ1v) is 4.02. The fraction of sp³-hybridized carbons (Fsp3) is 0.444. The Labute approximate surface area is 66.4 Å². The number of aromatic nitrogens is 1. The molecule has 0 aliphatic heterocycles. The molecule has 1 aliphatic carbocycles. The minimum Gasteiger partial charge on any atom is -0.384 e. The van der Waals surface area contributed by atoms with Crippen LogP contribution in [0.5, 0.6) is 0 Å². The Morgan fingerprint density at radius 2 is 2.36 bits per heavy atom. The van der Waals surface area contributed by atoms with Crippen LogP contribution in [0.4, 0.5) is 5.82 Å². The zero-order valence-electron chi connectivity index (χ0n) is 6.67. The smallest absolute Gasteiger partial charge is 0.123 e. The van der Waals surface area contributed by atoms with Crippen LogP contribution in [0.2, 0.25) is 0 Å². The lowest BCUT2D eigenvalue weighted by molar-refractivity contribution is 0.746. The van der Waals surface area contributed by atoms with Gasteiger partial charge in [-0.05, 0) is 30.4 Å². The van der Waals surface area contributed by atoms with Crippen LogP contribution >= 0.6 is 0 Å². The van der Waals surface area contributed by atoms with Gasteiger partial charge in [0.1, 0.15) is 5.82 Å². The van der Waals surface area contributed by atoms with Crippen molar-refractivity contribution in [1.29, 1.82) is 0 Å². The Morgan fingerprint density at radius 3 is 3.18 bits per heavy atom. The topological polar surface area (TPSA) is 38.9 Å². The van der Waals surface area contributed by atoms with Crippen LogP contribution in [0.3, 0.4) is 0 Å². The number of anilines is 1. The van der Waals surface area contributed by atoms with Crippen LogP contribution in [0.15, 0.2) is 12.1 Å². The van der Waals surface area contributed by atoms with E-state index in [0.29, 0.717) is 11.7 Å². The summed E-state index contributed by atoms with van der Waals surface area (Å²) in [5.41, 5.74) is 8.16. The Bertz CT molecular complexity index is 281. The van der Waals surface area contributed by atoms with Crippen molar-refractivity contribution in [2.24, 2.45) is 0 Å². The third kappa shape index (κ3) is 0.985. The van der Waals surface area contributed by atoms with E-state index in [0.717, 1.165) is 6.42 Å². The highest BCUT2D eigenvalue weighted by molar-refractivity contribution is 5.38. The van der Waals surface area contributed by atoms with Gasteiger partial charge in [0, 0.05) is 5.69 Å². The van der Waals surface area contributed by atoms with Gasteiger partial charge >= 0.3 is 0 Å². The van der Waals surface area contributed by atoms with E-state index < -0.39 is 0 Å². The van der Waals surface area contributed by atoms with Crippen LogP contribution in [-0.4, -0.2) is 4.98 Å². The van der Waals surface area contributed by atoms with Gasteiger partial charge in [0.05, 0.1) is 0 Å². The SMILES string of the molecule is CC1CCc2nc(N)ccc21. The van der Waals surface area contributed by atoms with Gasteiger partial charge in [-0.15, -0.1) is 0 Å². The van der Waals surface area contributed by atoms with Crippen molar-refractivity contribution in [3.8, 4) is 0 Å². The van der Waals surface area contributed by atoms with Gasteiger partial charge in [0.25, 0.3) is 0 Å². The molecule has 0 fully saturated rings. The van der Waals surface area contributed by atoms with Crippen molar-refractivity contribution in [2.75, 3.05) is 5.73 Å². The summed E-state index contributed by atoms with van der Waals surface area (Å²) < 4.78 is 0. The summed E-state index contributed by atoms with van der Waals surface area (Å²) in [6, 6.07) is 4.00. The lowest BCUT2D eigenvalue weighted by atomic mass is 10.1. The van der Waals surface area contributed by atoms with Crippen molar-refractivity contribution in [1.82, 2.24) is 4.98 Å². The van der Waals surface area contributed by atoms with Crippen LogP contribution in [-0.2, 0) is 6.42 Å². The fourth-order valence-electron chi connectivity index (χ4n) is 1.69. The van der Waals surface area contributed by atoms with E-state index in [1.54, 1.807) is 0 Å². The second-order valence-electron chi connectivity index (χ2n) is 3.21. The number of aryl methyl sites for hydroxylation is 1. The van der Waals surface area contributed by atoms with Gasteiger partial charge in [-0.3, -0.25) is 0 Å². The average Bonchev–Trinajstić information content (AvgIpc) is 2.32. The predicted octanol–water partition coefficient (Wildman–Crippen LogP) is 1.71. The molecule has 2 rings (SSSR count). The summed E-state index contributed by atoms with van der Waals surface area (Å²) in [5, 5.41) is 0. The highest BCUT2D eigenvalue weighted by Crippen LogP contribution is 2.31. The second kappa shape index (κ2) is 2.22. The molecule has 2 N–H and O–H groups in total. The summed E-state index contributed by atoms with van der Waals surface area (Å²) in [5.74, 6) is 1.33. The molecule has 0 bridgehead atoms. The second-order valence-corrected chi connectivity index (χ2v) is 3.21. The van der Waals surface area contributed by atoms with Gasteiger partial charge in [-0.25, -0.2) is 4.98 Å². The summed E-state index contributed by atoms with van der Waals surface area (Å²) in [6.45, 7) is 2.24. The molecule has 58 valence electrons. The van der Waals surface area contributed by atoms with Gasteiger partial charge in [0.2, 0.25) is 0 Å². The molecule has 0 spiro atoms. The zero-order chi connectivity index (χ0) is 7.84. The molecular weight excluding hydrogens is 136 g/mol. The summed E-state index contributed by atoms with van der Waals surface area (Å²) in [4.78, 5) is 4.28. The third-order valence-corrected chi connectivity index (χ3v) is 2.38. The predicted molar refractivity (Wildman–Crippen MR) is 45.4 cm³/mol. The van der Waals surface area contributed by atoms with Crippen LogP contribution in [0.25, 0.3) is 0 Å². The molecule has 1 unspecified atom stereocenters. The Balaban J connectivity index is 2.50. The van der Waals surface area contributed by atoms with Crippen molar-refractivity contribution < 1.29 is 0 Å². The molecule has 0 radical (unpaired) electrons. The number of pyridine rings is 1. The fourth-order valence-corrected chi connectivity index (χ4v) is 1.69. The number of rotatable bonds is 0. The normalized spacial score (nSPS) is 21.7. The number of fused-ring (bicyclic) bond motifs is 1. The Hall–Kier alpha value is -1.05. The molecule has 0 amide bonds. The first-order valence-electron chi connectivity index (χ1n) is 4.02. The van der Waals surface area contributed by atoms with Gasteiger partial charge in [0.15, 0.2) is 0 Å². The monoisotopic (exact) mass is 148 g/mol. The minimum atomic E-state index is 0.651. The van der Waals surface area contributed by atoms with Crippen molar-refractivity contribution in [3.05, 3.63) is 23.4 Å². The van der Waals surface area contributed by atoms with E-state index in [1.807, 2.05) is 6.07 Å². The molecule has 0 saturated heterocycles. The van der Waals surface area contributed by atoms with E-state index in [-0.39, 0.29) is 0 Å². The molecule has 2 nitrogen and oxygen atoms in total. The summed E-state index contributed by atoms with van der Waals surface area (Å²) >= 11 is 0. The summed E-state index contributed by atoms with van der Waals surface area (Å²) in [6.07, 6.45) is 2.33. The van der Waals surface area contributed by atoms with E-state index in [9.17, 15) is 0 Å². The molecule has 1 aliphatic rings. The highest BCUT2D eigenvalue weighted by Gasteiger charge is 2.18. The standard InChI is InChI=1S/C9H12N2/c1-6-2-4-8-7(6)3-5-9(10)11-8/h3,5-6H,2,4H2,1H3,(H2,10,11). The third-order valence-electron chi connectivity index (χ3n) is 2.38. The molecule has 0 aromatic carbocycles. The van der Waals surface area contributed by atoms with E-state index >= 15 is 0 Å². The highest BCUT2D eigenvalue weighted by atomic mass is 14.8. The van der Waals surface area contributed by atoms with E-state index in [1.165, 1.54) is 17.7 Å². The van der Waals surface area contributed by atoms with E-state index in [4.69, 9.17) is 5.73 Å². The molecule has 1 heterocycles. The molecule has 1 atom stereocenters. The number of nitrogens with two attached hydrogens (primary N) is 1. The maximum atomic E-state index is 5.57. The number of hydrogen-bond acceptors (Lipinski definition) is 2. The number of nitrogens with zero attached hydrogens (tertiary/aromatic N) is 1. The Morgan fingerprint density at radius 1 is 1.55 bits per heavy atom. The van der Waals surface area contributed by atoms with E-state index in [2.05, 4.69) is 18.0 Å². The average molecular weight is 148 g/mol. The van der Waals surface area contributed by atoms with Gasteiger partial charge in [-0.2, -0.15) is 0 Å². The Kier molecular flexibility index (Phi) is 1.34. The largest absolute Gasteiger partial charge is 0.384 e. The molecular formula is C9H12N2. The molecule has 0 saturated carbocycles. The van der Waals surface area contributed by atoms with Crippen molar-refractivity contribution in [2.45, 2.75) is 25.7 Å². The maximum Gasteiger partial charge on any atom is 0.123 e.